The zero-order chi connectivity index (χ0) is 14.7. The molecule has 1 N–H and O–H groups in total. The molecule has 0 aromatic rings. The lowest BCUT2D eigenvalue weighted by Gasteiger charge is -2.31. The van der Waals surface area contributed by atoms with Crippen LogP contribution < -0.4 is 5.32 Å². The van der Waals surface area contributed by atoms with E-state index in [9.17, 15) is 0 Å². The highest BCUT2D eigenvalue weighted by Crippen LogP contribution is 2.40. The number of hydrogen-bond acceptors (Lipinski definition) is 1. The van der Waals surface area contributed by atoms with Crippen LogP contribution in [-0.4, -0.2) is 12.6 Å². The molecule has 1 nitrogen and oxygen atoms in total. The Kier molecular flexibility index (Phi) is 9.59. The third-order valence-corrected chi connectivity index (χ3v) is 5.49. The van der Waals surface area contributed by atoms with Crippen molar-refractivity contribution in [2.24, 2.45) is 5.41 Å². The molecule has 0 radical (unpaired) electrons. The minimum atomic E-state index is 0.647. The molecule has 0 atom stereocenters. The summed E-state index contributed by atoms with van der Waals surface area (Å²) in [6.45, 7) is 8.30. The highest BCUT2D eigenvalue weighted by Gasteiger charge is 2.32. The molecule has 1 rings (SSSR count). The van der Waals surface area contributed by atoms with E-state index in [2.05, 4.69) is 26.1 Å². The summed E-state index contributed by atoms with van der Waals surface area (Å²) in [6, 6.07) is 0.789. The third-order valence-electron chi connectivity index (χ3n) is 5.49. The number of nitrogens with one attached hydrogen (secondary N) is 1. The van der Waals surface area contributed by atoms with Gasteiger partial charge in [-0.05, 0) is 37.5 Å². The summed E-state index contributed by atoms with van der Waals surface area (Å²) < 4.78 is 0. The first-order chi connectivity index (χ1) is 9.76. The van der Waals surface area contributed by atoms with Gasteiger partial charge in [0.25, 0.3) is 0 Å². The van der Waals surface area contributed by atoms with E-state index in [1.165, 1.54) is 90.0 Å². The van der Waals surface area contributed by atoms with Crippen molar-refractivity contribution in [1.29, 1.82) is 0 Å². The van der Waals surface area contributed by atoms with Gasteiger partial charge < -0.3 is 5.32 Å². The predicted octanol–water partition coefficient (Wildman–Crippen LogP) is 6.08. The van der Waals surface area contributed by atoms with Gasteiger partial charge in [0.2, 0.25) is 0 Å². The normalized spacial score (nSPS) is 18.0. The average Bonchev–Trinajstić information content (AvgIpc) is 2.94. The Balaban J connectivity index is 2.33. The quantitative estimate of drug-likeness (QED) is 0.428. The molecule has 0 bridgehead atoms. The molecule has 0 aromatic heterocycles. The van der Waals surface area contributed by atoms with Crippen molar-refractivity contribution in [3.05, 3.63) is 0 Å². The van der Waals surface area contributed by atoms with Crippen LogP contribution in [-0.2, 0) is 0 Å². The van der Waals surface area contributed by atoms with E-state index in [-0.39, 0.29) is 0 Å². The fourth-order valence-electron chi connectivity index (χ4n) is 3.77. The van der Waals surface area contributed by atoms with E-state index in [1.54, 1.807) is 0 Å². The third kappa shape index (κ3) is 6.61. The summed E-state index contributed by atoms with van der Waals surface area (Å²) in [4.78, 5) is 0. The Morgan fingerprint density at radius 1 is 0.850 bits per heavy atom. The highest BCUT2D eigenvalue weighted by molar-refractivity contribution is 4.86. The Morgan fingerprint density at radius 2 is 1.40 bits per heavy atom. The second-order valence-corrected chi connectivity index (χ2v) is 7.13. The largest absolute Gasteiger partial charge is 0.313 e. The molecule has 120 valence electrons. The van der Waals surface area contributed by atoms with Gasteiger partial charge in [-0.25, -0.2) is 0 Å². The van der Waals surface area contributed by atoms with Crippen molar-refractivity contribution in [3.8, 4) is 0 Å². The van der Waals surface area contributed by atoms with Gasteiger partial charge in [-0.15, -0.1) is 0 Å². The first-order valence-corrected chi connectivity index (χ1v) is 9.49. The van der Waals surface area contributed by atoms with Gasteiger partial charge in [0.15, 0.2) is 0 Å². The molecule has 1 heteroatoms. The van der Waals surface area contributed by atoms with Crippen molar-refractivity contribution in [1.82, 2.24) is 5.32 Å². The monoisotopic (exact) mass is 281 g/mol. The lowest BCUT2D eigenvalue weighted by Crippen LogP contribution is -2.38. The lowest BCUT2D eigenvalue weighted by molar-refractivity contribution is 0.247. The van der Waals surface area contributed by atoms with Gasteiger partial charge in [0.1, 0.15) is 0 Å². The van der Waals surface area contributed by atoms with Crippen molar-refractivity contribution < 1.29 is 0 Å². The molecule has 0 saturated heterocycles. The minimum Gasteiger partial charge on any atom is -0.313 e. The van der Waals surface area contributed by atoms with Crippen LogP contribution in [0.15, 0.2) is 0 Å². The molecule has 0 unspecified atom stereocenters. The Hall–Kier alpha value is -0.0400. The highest BCUT2D eigenvalue weighted by atomic mass is 14.9. The zero-order valence-electron chi connectivity index (χ0n) is 14.5. The van der Waals surface area contributed by atoms with E-state index in [1.807, 2.05) is 0 Å². The van der Waals surface area contributed by atoms with E-state index >= 15 is 0 Å². The summed E-state index contributed by atoms with van der Waals surface area (Å²) in [7, 11) is 0. The van der Waals surface area contributed by atoms with Crippen LogP contribution in [0.4, 0.5) is 0 Å². The van der Waals surface area contributed by atoms with Crippen LogP contribution >= 0.6 is 0 Å². The molecule has 1 aliphatic rings. The Bertz CT molecular complexity index is 208. The standard InChI is InChI=1S/C19H39N/c1-4-7-9-13-18(14-10-8-5-2)20-17-19(6-3)15-11-12-16-19/h18,20H,4-17H2,1-3H3. The minimum absolute atomic E-state index is 0.647. The maximum absolute atomic E-state index is 3.97. The van der Waals surface area contributed by atoms with E-state index in [0.717, 1.165) is 6.04 Å². The molecule has 0 spiro atoms. The Labute approximate surface area is 128 Å². The molecule has 1 fully saturated rings. The maximum Gasteiger partial charge on any atom is 0.00672 e. The summed E-state index contributed by atoms with van der Waals surface area (Å²) in [5.41, 5.74) is 0.647. The first-order valence-electron chi connectivity index (χ1n) is 9.49. The molecule has 0 heterocycles. The van der Waals surface area contributed by atoms with Gasteiger partial charge in [-0.3, -0.25) is 0 Å². The van der Waals surface area contributed by atoms with Crippen LogP contribution in [0.5, 0.6) is 0 Å². The second kappa shape index (κ2) is 10.7. The van der Waals surface area contributed by atoms with Crippen molar-refractivity contribution in [3.63, 3.8) is 0 Å². The molecule has 1 aliphatic carbocycles. The van der Waals surface area contributed by atoms with Gasteiger partial charge in [-0.2, -0.15) is 0 Å². The zero-order valence-corrected chi connectivity index (χ0v) is 14.5. The number of unbranched alkanes of at least 4 members (excludes halogenated alkanes) is 4. The summed E-state index contributed by atoms with van der Waals surface area (Å²) in [5.74, 6) is 0. The molecule has 0 amide bonds. The lowest BCUT2D eigenvalue weighted by atomic mass is 9.83. The first kappa shape index (κ1) is 18.0. The van der Waals surface area contributed by atoms with Crippen molar-refractivity contribution in [2.75, 3.05) is 6.54 Å². The summed E-state index contributed by atoms with van der Waals surface area (Å²) >= 11 is 0. The van der Waals surface area contributed by atoms with Gasteiger partial charge >= 0.3 is 0 Å². The fraction of sp³-hybridized carbons (Fsp3) is 1.00. The smallest absolute Gasteiger partial charge is 0.00672 e. The molecule has 0 aromatic carbocycles. The number of hydrogen-bond donors (Lipinski definition) is 1. The predicted molar refractivity (Wildman–Crippen MR) is 91.3 cm³/mol. The molecular weight excluding hydrogens is 242 g/mol. The van der Waals surface area contributed by atoms with Gasteiger partial charge in [-0.1, -0.05) is 72.1 Å². The fourth-order valence-corrected chi connectivity index (χ4v) is 3.77. The van der Waals surface area contributed by atoms with Crippen LogP contribution in [0.2, 0.25) is 0 Å². The van der Waals surface area contributed by atoms with E-state index < -0.39 is 0 Å². The summed E-state index contributed by atoms with van der Waals surface area (Å²) in [5, 5.41) is 3.97. The van der Waals surface area contributed by atoms with Gasteiger partial charge in [0.05, 0.1) is 0 Å². The van der Waals surface area contributed by atoms with Crippen molar-refractivity contribution >= 4 is 0 Å². The van der Waals surface area contributed by atoms with Crippen molar-refractivity contribution in [2.45, 2.75) is 110 Å². The van der Waals surface area contributed by atoms with E-state index in [4.69, 9.17) is 0 Å². The molecule has 20 heavy (non-hydrogen) atoms. The average molecular weight is 282 g/mol. The van der Waals surface area contributed by atoms with Gasteiger partial charge in [0, 0.05) is 12.6 Å². The SMILES string of the molecule is CCCCCC(CCCCC)NCC1(CC)CCCC1. The van der Waals surface area contributed by atoms with Crippen LogP contribution in [0.1, 0.15) is 104 Å². The Morgan fingerprint density at radius 3 is 1.85 bits per heavy atom. The summed E-state index contributed by atoms with van der Waals surface area (Å²) in [6.07, 6.45) is 18.4. The molecular formula is C19H39N. The van der Waals surface area contributed by atoms with Crippen LogP contribution in [0.25, 0.3) is 0 Å². The topological polar surface area (TPSA) is 12.0 Å². The van der Waals surface area contributed by atoms with E-state index in [0.29, 0.717) is 5.41 Å². The molecule has 1 saturated carbocycles. The maximum atomic E-state index is 3.97. The second-order valence-electron chi connectivity index (χ2n) is 7.13. The number of rotatable bonds is 12. The van der Waals surface area contributed by atoms with Crippen LogP contribution in [0.3, 0.4) is 0 Å². The molecule has 0 aliphatic heterocycles. The van der Waals surface area contributed by atoms with Crippen LogP contribution in [0, 0.1) is 5.41 Å².